The van der Waals surface area contributed by atoms with Crippen LogP contribution in [-0.2, 0) is 14.8 Å². The van der Waals surface area contributed by atoms with Crippen LogP contribution in [0, 0.1) is 6.92 Å². The molecule has 0 saturated carbocycles. The molecule has 10 heteroatoms. The van der Waals surface area contributed by atoms with E-state index in [1.54, 1.807) is 30.5 Å². The van der Waals surface area contributed by atoms with E-state index in [0.717, 1.165) is 20.5 Å². The van der Waals surface area contributed by atoms with Crippen molar-refractivity contribution in [3.8, 4) is 0 Å². The second-order valence-corrected chi connectivity index (χ2v) is 10.0. The maximum Gasteiger partial charge on any atom is 0.252 e. The van der Waals surface area contributed by atoms with Crippen molar-refractivity contribution in [1.29, 1.82) is 0 Å². The average Bonchev–Trinajstić information content (AvgIpc) is 3.17. The Morgan fingerprint density at radius 2 is 2.00 bits per heavy atom. The van der Waals surface area contributed by atoms with Gasteiger partial charge in [-0.3, -0.25) is 9.59 Å². The minimum absolute atomic E-state index is 0.0141. The van der Waals surface area contributed by atoms with Crippen molar-refractivity contribution in [2.45, 2.75) is 17.9 Å². The maximum absolute atomic E-state index is 13.0. The number of fused-ring (bicyclic) bond motifs is 3. The van der Waals surface area contributed by atoms with E-state index in [0.29, 0.717) is 15.2 Å². The number of amides is 1. The lowest BCUT2D eigenvalue weighted by molar-refractivity contribution is -0.118. The highest BCUT2D eigenvalue weighted by atomic mass is 32.2. The summed E-state index contributed by atoms with van der Waals surface area (Å²) in [6.45, 7) is 1.83. The van der Waals surface area contributed by atoms with Crippen LogP contribution in [0.5, 0.6) is 0 Å². The van der Waals surface area contributed by atoms with Crippen LogP contribution >= 0.6 is 22.7 Å². The molecule has 1 aromatic carbocycles. The highest BCUT2D eigenvalue weighted by Crippen LogP contribution is 2.40. The molecular formula is C16H13N3O4S3. The molecule has 2 aromatic heterocycles. The number of aromatic nitrogens is 1. The van der Waals surface area contributed by atoms with Gasteiger partial charge >= 0.3 is 0 Å². The Kier molecular flexibility index (Phi) is 3.95. The lowest BCUT2D eigenvalue weighted by Crippen LogP contribution is -2.52. The monoisotopic (exact) mass is 407 g/mol. The molecule has 1 aliphatic rings. The molecule has 1 aliphatic heterocycles. The molecule has 0 fully saturated rings. The molecule has 134 valence electrons. The summed E-state index contributed by atoms with van der Waals surface area (Å²) in [4.78, 5) is 30.6. The number of aryl methyl sites for hydroxylation is 1. The topological polar surface area (TPSA) is 96.4 Å². The van der Waals surface area contributed by atoms with Gasteiger partial charge < -0.3 is 5.32 Å². The van der Waals surface area contributed by atoms with Crippen molar-refractivity contribution in [2.75, 3.05) is 12.4 Å². The molecule has 0 radical (unpaired) electrons. The first-order chi connectivity index (χ1) is 12.3. The SMILES string of the molecule is Cc1cnc(NC(=O)C2C(=O)c3sc4ccccc4c3S(=O)(=O)N2C)s1. The number of thiophene rings is 1. The molecule has 0 spiro atoms. The lowest BCUT2D eigenvalue weighted by atomic mass is 10.1. The van der Waals surface area contributed by atoms with Crippen molar-refractivity contribution < 1.29 is 18.0 Å². The fourth-order valence-corrected chi connectivity index (χ4v) is 6.66. The molecule has 1 amide bonds. The number of anilines is 1. The van der Waals surface area contributed by atoms with Crippen LogP contribution in [0.25, 0.3) is 10.1 Å². The highest BCUT2D eigenvalue weighted by Gasteiger charge is 2.47. The molecule has 1 N–H and O–H groups in total. The molecule has 0 bridgehead atoms. The Hall–Kier alpha value is -2.14. The Morgan fingerprint density at radius 1 is 1.27 bits per heavy atom. The number of benzene rings is 1. The van der Waals surface area contributed by atoms with Crippen LogP contribution in [0.4, 0.5) is 5.13 Å². The summed E-state index contributed by atoms with van der Waals surface area (Å²) in [6.07, 6.45) is 1.59. The van der Waals surface area contributed by atoms with Gasteiger partial charge in [-0.2, -0.15) is 4.31 Å². The third kappa shape index (κ3) is 2.49. The number of Topliss-reactive ketones (excluding diaryl/α,β-unsaturated/α-hetero) is 1. The van der Waals surface area contributed by atoms with Crippen molar-refractivity contribution in [2.24, 2.45) is 0 Å². The molecule has 3 aromatic rings. The fraction of sp³-hybridized carbons (Fsp3) is 0.188. The number of nitrogens with one attached hydrogen (secondary N) is 1. The van der Waals surface area contributed by atoms with Crippen molar-refractivity contribution >= 4 is 59.6 Å². The maximum atomic E-state index is 13.0. The van der Waals surface area contributed by atoms with E-state index >= 15 is 0 Å². The first-order valence-electron chi connectivity index (χ1n) is 7.58. The smallest absolute Gasteiger partial charge is 0.252 e. The van der Waals surface area contributed by atoms with E-state index in [1.165, 1.54) is 18.4 Å². The predicted octanol–water partition coefficient (Wildman–Crippen LogP) is 2.49. The first kappa shape index (κ1) is 17.3. The summed E-state index contributed by atoms with van der Waals surface area (Å²) >= 11 is 2.35. The normalized spacial score (nSPS) is 19.5. The quantitative estimate of drug-likeness (QED) is 0.659. The Balaban J connectivity index is 1.81. The van der Waals surface area contributed by atoms with Gasteiger partial charge in [-0.1, -0.05) is 18.2 Å². The van der Waals surface area contributed by atoms with Gasteiger partial charge in [0.05, 0.1) is 4.88 Å². The zero-order chi connectivity index (χ0) is 18.6. The van der Waals surface area contributed by atoms with E-state index in [-0.39, 0.29) is 9.77 Å². The Labute approximate surface area is 157 Å². The molecule has 1 unspecified atom stereocenters. The van der Waals surface area contributed by atoms with Crippen LogP contribution in [0.15, 0.2) is 35.4 Å². The molecule has 4 rings (SSSR count). The van der Waals surface area contributed by atoms with Gasteiger partial charge in [0.25, 0.3) is 5.91 Å². The van der Waals surface area contributed by atoms with E-state index in [4.69, 9.17) is 0 Å². The van der Waals surface area contributed by atoms with Crippen LogP contribution < -0.4 is 5.32 Å². The zero-order valence-corrected chi connectivity index (χ0v) is 16.2. The van der Waals surface area contributed by atoms with Crippen LogP contribution in [0.2, 0.25) is 0 Å². The second-order valence-electron chi connectivity index (χ2n) is 5.81. The number of thiazole rings is 1. The minimum atomic E-state index is -3.97. The van der Waals surface area contributed by atoms with Gasteiger partial charge in [0, 0.05) is 28.2 Å². The summed E-state index contributed by atoms with van der Waals surface area (Å²) in [7, 11) is -2.72. The number of nitrogens with zero attached hydrogens (tertiary/aromatic N) is 2. The van der Waals surface area contributed by atoms with E-state index in [9.17, 15) is 18.0 Å². The van der Waals surface area contributed by atoms with Gasteiger partial charge in [-0.25, -0.2) is 13.4 Å². The highest BCUT2D eigenvalue weighted by molar-refractivity contribution is 7.89. The van der Waals surface area contributed by atoms with E-state index in [1.807, 2.05) is 6.92 Å². The van der Waals surface area contributed by atoms with E-state index in [2.05, 4.69) is 10.3 Å². The van der Waals surface area contributed by atoms with Crippen molar-refractivity contribution in [1.82, 2.24) is 9.29 Å². The summed E-state index contributed by atoms with van der Waals surface area (Å²) in [5.41, 5.74) is 0. The van der Waals surface area contributed by atoms with Gasteiger partial charge in [-0.15, -0.1) is 22.7 Å². The number of ketones is 1. The third-order valence-electron chi connectivity index (χ3n) is 4.12. The number of likely N-dealkylation sites (N-methyl/N-ethyl adjacent to an activating group) is 1. The summed E-state index contributed by atoms with van der Waals surface area (Å²) < 4.78 is 27.5. The zero-order valence-electron chi connectivity index (χ0n) is 13.7. The standard InChI is InChI=1S/C16H13N3O4S3/c1-8-7-17-16(24-8)18-15(21)11-12(20)13-14(26(22,23)19(11)2)9-5-3-4-6-10(9)25-13/h3-7,11H,1-2H3,(H,17,18,21). The van der Waals surface area contributed by atoms with Gasteiger partial charge in [0.15, 0.2) is 11.2 Å². The number of hydrogen-bond acceptors (Lipinski definition) is 7. The average molecular weight is 407 g/mol. The second kappa shape index (κ2) is 5.95. The number of carbonyl (C=O) groups excluding carboxylic acids is 2. The summed E-state index contributed by atoms with van der Waals surface area (Å²) in [5.74, 6) is -1.23. The van der Waals surface area contributed by atoms with Gasteiger partial charge in [0.1, 0.15) is 4.90 Å². The summed E-state index contributed by atoms with van der Waals surface area (Å²) in [6, 6.07) is 5.47. The van der Waals surface area contributed by atoms with Crippen LogP contribution in [0.3, 0.4) is 0 Å². The van der Waals surface area contributed by atoms with E-state index < -0.39 is 27.8 Å². The molecule has 1 atom stereocenters. The minimum Gasteiger partial charge on any atom is -0.300 e. The number of hydrogen-bond donors (Lipinski definition) is 1. The van der Waals surface area contributed by atoms with Crippen LogP contribution in [0.1, 0.15) is 14.5 Å². The lowest BCUT2D eigenvalue weighted by Gasteiger charge is -2.29. The largest absolute Gasteiger partial charge is 0.300 e. The molecule has 0 saturated heterocycles. The number of sulfonamides is 1. The van der Waals surface area contributed by atoms with Crippen molar-refractivity contribution in [3.63, 3.8) is 0 Å². The molecule has 26 heavy (non-hydrogen) atoms. The summed E-state index contributed by atoms with van der Waals surface area (Å²) in [5, 5.41) is 3.37. The number of rotatable bonds is 2. The third-order valence-corrected chi connectivity index (χ3v) is 8.17. The fourth-order valence-electron chi connectivity index (χ4n) is 2.88. The number of carbonyl (C=O) groups is 2. The molecule has 7 nitrogen and oxygen atoms in total. The molecular weight excluding hydrogens is 394 g/mol. The molecule has 0 aliphatic carbocycles. The Morgan fingerprint density at radius 3 is 2.69 bits per heavy atom. The molecule has 3 heterocycles. The van der Waals surface area contributed by atoms with Gasteiger partial charge in [0.2, 0.25) is 15.8 Å². The van der Waals surface area contributed by atoms with Crippen molar-refractivity contribution in [3.05, 3.63) is 40.2 Å². The predicted molar refractivity (Wildman–Crippen MR) is 100 cm³/mol. The Bertz CT molecular complexity index is 1160. The van der Waals surface area contributed by atoms with Crippen LogP contribution in [-0.4, -0.2) is 42.5 Å². The van der Waals surface area contributed by atoms with Gasteiger partial charge in [-0.05, 0) is 13.0 Å². The first-order valence-corrected chi connectivity index (χ1v) is 10.6.